The predicted octanol–water partition coefficient (Wildman–Crippen LogP) is -0.832. The van der Waals surface area contributed by atoms with E-state index in [4.69, 9.17) is 5.73 Å². The molecule has 104 valence electrons. The zero-order valence-electron chi connectivity index (χ0n) is 9.95. The van der Waals surface area contributed by atoms with Crippen molar-refractivity contribution in [1.29, 1.82) is 0 Å². The molecule has 0 aliphatic rings. The van der Waals surface area contributed by atoms with E-state index in [1.54, 1.807) is 4.89 Å². The fraction of sp³-hybridized carbons (Fsp3) is 0.200. The number of esters is 1. The zero-order chi connectivity index (χ0) is 14.5. The number of carbonyl (C=O) groups is 2. The second kappa shape index (κ2) is 6.27. The molecule has 0 unspecified atom stereocenters. The Morgan fingerprint density at radius 3 is 2.53 bits per heavy atom. The molecule has 1 rings (SSSR count). The normalized spacial score (nSPS) is 11.0. The molecule has 9 heteroatoms. The van der Waals surface area contributed by atoms with E-state index in [1.165, 1.54) is 24.3 Å². The summed E-state index contributed by atoms with van der Waals surface area (Å²) in [5.74, 6) is -1.65. The molecule has 0 aliphatic heterocycles. The third-order valence-electron chi connectivity index (χ3n) is 1.96. The van der Waals surface area contributed by atoms with Gasteiger partial charge in [-0.05, 0) is 12.1 Å². The number of carbonyl (C=O) groups excluding carboxylic acids is 2. The number of hydrogen-bond acceptors (Lipinski definition) is 6. The largest absolute Gasteiger partial charge is 0.465 e. The van der Waals surface area contributed by atoms with Crippen LogP contribution in [-0.4, -0.2) is 34.0 Å². The molecule has 0 radical (unpaired) electrons. The van der Waals surface area contributed by atoms with Crippen LogP contribution in [0.3, 0.4) is 0 Å². The third kappa shape index (κ3) is 4.02. The number of amides is 1. The molecular formula is C10H12N2O6S. The van der Waals surface area contributed by atoms with E-state index in [9.17, 15) is 18.0 Å². The minimum absolute atomic E-state index is 0.153. The Morgan fingerprint density at radius 1 is 1.32 bits per heavy atom. The molecule has 3 N–H and O–H groups in total. The van der Waals surface area contributed by atoms with E-state index in [0.717, 1.165) is 7.11 Å². The topological polar surface area (TPSA) is 125 Å². The maximum absolute atomic E-state index is 11.9. The molecule has 8 nitrogen and oxygen atoms in total. The van der Waals surface area contributed by atoms with Crippen molar-refractivity contribution < 1.29 is 27.6 Å². The van der Waals surface area contributed by atoms with Crippen molar-refractivity contribution in [3.05, 3.63) is 29.8 Å². The van der Waals surface area contributed by atoms with Gasteiger partial charge in [-0.3, -0.25) is 9.63 Å². The second-order valence-corrected chi connectivity index (χ2v) is 4.94. The summed E-state index contributed by atoms with van der Waals surface area (Å²) in [6, 6.07) is 5.39. The smallest absolute Gasteiger partial charge is 0.339 e. The van der Waals surface area contributed by atoms with Gasteiger partial charge in [-0.2, -0.15) is 0 Å². The number of primary amides is 1. The molecule has 0 aliphatic carbocycles. The highest BCUT2D eigenvalue weighted by molar-refractivity contribution is 7.89. The van der Waals surface area contributed by atoms with Crippen LogP contribution in [0.4, 0.5) is 0 Å². The minimum Gasteiger partial charge on any atom is -0.465 e. The molecule has 0 aromatic heterocycles. The maximum Gasteiger partial charge on any atom is 0.339 e. The molecule has 1 amide bonds. The molecule has 0 saturated heterocycles. The first-order chi connectivity index (χ1) is 8.88. The lowest BCUT2D eigenvalue weighted by atomic mass is 10.2. The van der Waals surface area contributed by atoms with E-state index in [1.807, 2.05) is 0 Å². The highest BCUT2D eigenvalue weighted by atomic mass is 32.2. The molecule has 0 fully saturated rings. The van der Waals surface area contributed by atoms with E-state index in [2.05, 4.69) is 9.57 Å². The second-order valence-electron chi connectivity index (χ2n) is 3.33. The lowest BCUT2D eigenvalue weighted by Crippen LogP contribution is -2.30. The molecule has 0 atom stereocenters. The van der Waals surface area contributed by atoms with Crippen molar-refractivity contribution in [2.24, 2.45) is 5.73 Å². The van der Waals surface area contributed by atoms with Gasteiger partial charge >= 0.3 is 5.97 Å². The number of methoxy groups -OCH3 is 1. The van der Waals surface area contributed by atoms with Crippen LogP contribution in [0.15, 0.2) is 29.2 Å². The molecule has 1 aromatic carbocycles. The van der Waals surface area contributed by atoms with Crippen LogP contribution < -0.4 is 10.6 Å². The van der Waals surface area contributed by atoms with Gasteiger partial charge in [0, 0.05) is 0 Å². The lowest BCUT2D eigenvalue weighted by molar-refractivity contribution is -0.123. The molecule has 0 saturated carbocycles. The number of sulfonamides is 1. The molecule has 0 bridgehead atoms. The van der Waals surface area contributed by atoms with Gasteiger partial charge < -0.3 is 10.5 Å². The zero-order valence-corrected chi connectivity index (χ0v) is 10.8. The molecular weight excluding hydrogens is 276 g/mol. The SMILES string of the molecule is COC(=O)c1ccccc1S(=O)(=O)NOCC(N)=O. The van der Waals surface area contributed by atoms with Crippen LogP contribution >= 0.6 is 0 Å². The first-order valence-corrected chi connectivity index (χ1v) is 6.46. The summed E-state index contributed by atoms with van der Waals surface area (Å²) in [5.41, 5.74) is 4.63. The Kier molecular flexibility index (Phi) is 4.98. The Balaban J connectivity index is 3.01. The number of ether oxygens (including phenoxy) is 1. The first kappa shape index (κ1) is 15.1. The van der Waals surface area contributed by atoms with Gasteiger partial charge in [-0.1, -0.05) is 17.0 Å². The third-order valence-corrected chi connectivity index (χ3v) is 3.24. The Hall–Kier alpha value is -1.97. The van der Waals surface area contributed by atoms with Crippen molar-refractivity contribution in [1.82, 2.24) is 4.89 Å². The summed E-state index contributed by atoms with van der Waals surface area (Å²) in [4.78, 5) is 27.6. The fourth-order valence-electron chi connectivity index (χ4n) is 1.20. The predicted molar refractivity (Wildman–Crippen MR) is 63.2 cm³/mol. The van der Waals surface area contributed by atoms with Crippen molar-refractivity contribution in [2.75, 3.05) is 13.7 Å². The van der Waals surface area contributed by atoms with E-state index >= 15 is 0 Å². The summed E-state index contributed by atoms with van der Waals surface area (Å²) in [6.07, 6.45) is 0. The van der Waals surface area contributed by atoms with Gasteiger partial charge in [0.15, 0.2) is 0 Å². The monoisotopic (exact) mass is 288 g/mol. The number of hydrogen-bond donors (Lipinski definition) is 2. The van der Waals surface area contributed by atoms with Crippen LogP contribution in [0.2, 0.25) is 0 Å². The van der Waals surface area contributed by atoms with Gasteiger partial charge in [0.1, 0.15) is 6.61 Å². The summed E-state index contributed by atoms with van der Waals surface area (Å²) >= 11 is 0. The number of nitrogens with two attached hydrogens (primary N) is 1. The van der Waals surface area contributed by atoms with Crippen LogP contribution in [0, 0.1) is 0 Å². The summed E-state index contributed by atoms with van der Waals surface area (Å²) in [5, 5.41) is 0. The van der Waals surface area contributed by atoms with Crippen molar-refractivity contribution >= 4 is 21.9 Å². The van der Waals surface area contributed by atoms with Crippen LogP contribution in [0.1, 0.15) is 10.4 Å². The Bertz CT molecular complexity index is 583. The highest BCUT2D eigenvalue weighted by Gasteiger charge is 2.22. The summed E-state index contributed by atoms with van der Waals surface area (Å²) in [7, 11) is -2.99. The molecule has 1 aromatic rings. The van der Waals surface area contributed by atoms with Crippen LogP contribution in [-0.2, 0) is 24.4 Å². The Morgan fingerprint density at radius 2 is 1.95 bits per heavy atom. The Labute approximate surface area is 109 Å². The summed E-state index contributed by atoms with van der Waals surface area (Å²) < 4.78 is 28.2. The van der Waals surface area contributed by atoms with Crippen molar-refractivity contribution in [3.8, 4) is 0 Å². The number of rotatable bonds is 6. The summed E-state index contributed by atoms with van der Waals surface area (Å²) in [6.45, 7) is -0.625. The first-order valence-electron chi connectivity index (χ1n) is 4.97. The lowest BCUT2D eigenvalue weighted by Gasteiger charge is -2.09. The van der Waals surface area contributed by atoms with Crippen LogP contribution in [0.5, 0.6) is 0 Å². The van der Waals surface area contributed by atoms with Crippen molar-refractivity contribution in [3.63, 3.8) is 0 Å². The maximum atomic E-state index is 11.9. The quantitative estimate of drug-likeness (QED) is 0.520. The highest BCUT2D eigenvalue weighted by Crippen LogP contribution is 2.16. The van der Waals surface area contributed by atoms with Gasteiger partial charge in [-0.25, -0.2) is 13.2 Å². The van der Waals surface area contributed by atoms with E-state index < -0.39 is 28.5 Å². The van der Waals surface area contributed by atoms with Gasteiger partial charge in [-0.15, -0.1) is 0 Å². The van der Waals surface area contributed by atoms with E-state index in [0.29, 0.717) is 0 Å². The van der Waals surface area contributed by atoms with Gasteiger partial charge in [0.25, 0.3) is 10.0 Å². The minimum atomic E-state index is -4.12. The molecule has 0 heterocycles. The molecule has 19 heavy (non-hydrogen) atoms. The van der Waals surface area contributed by atoms with Crippen LogP contribution in [0.25, 0.3) is 0 Å². The fourth-order valence-corrected chi connectivity index (χ4v) is 2.21. The van der Waals surface area contributed by atoms with Crippen molar-refractivity contribution in [2.45, 2.75) is 4.90 Å². The van der Waals surface area contributed by atoms with Gasteiger partial charge in [0.05, 0.1) is 17.6 Å². The molecule has 0 spiro atoms. The standard InChI is InChI=1S/C10H12N2O6S/c1-17-10(14)7-4-2-3-5-8(7)19(15,16)12-18-6-9(11)13/h2-5,12H,6H2,1H3,(H2,11,13). The number of benzene rings is 1. The average molecular weight is 288 g/mol. The van der Waals surface area contributed by atoms with Gasteiger partial charge in [0.2, 0.25) is 5.91 Å². The number of nitrogens with one attached hydrogen (secondary N) is 1. The van der Waals surface area contributed by atoms with E-state index in [-0.39, 0.29) is 10.5 Å². The average Bonchev–Trinajstić information content (AvgIpc) is 2.37.